The zero-order valence-corrected chi connectivity index (χ0v) is 50.1. The number of rotatable bonds is 62. The molecule has 6 nitrogen and oxygen atoms in total. The van der Waals surface area contributed by atoms with E-state index < -0.39 is 6.10 Å². The van der Waals surface area contributed by atoms with Crippen LogP contribution in [0.1, 0.15) is 387 Å². The first-order valence-corrected chi connectivity index (χ1v) is 33.4. The average molecular weight is 1030 g/mol. The third-order valence-electron chi connectivity index (χ3n) is 15.5. The van der Waals surface area contributed by atoms with E-state index >= 15 is 0 Å². The van der Waals surface area contributed by atoms with E-state index in [4.69, 9.17) is 14.2 Å². The summed E-state index contributed by atoms with van der Waals surface area (Å²) in [6.07, 6.45) is 69.7. The smallest absolute Gasteiger partial charge is 0.306 e. The third kappa shape index (κ3) is 61.1. The van der Waals surface area contributed by atoms with Crippen molar-refractivity contribution in [2.75, 3.05) is 13.2 Å². The highest BCUT2D eigenvalue weighted by Crippen LogP contribution is 2.19. The highest BCUT2D eigenvalue weighted by molar-refractivity contribution is 5.71. The molecule has 0 aliphatic heterocycles. The molecule has 73 heavy (non-hydrogen) atoms. The van der Waals surface area contributed by atoms with Crippen molar-refractivity contribution in [3.63, 3.8) is 0 Å². The molecule has 0 unspecified atom stereocenters. The molecule has 0 N–H and O–H groups in total. The van der Waals surface area contributed by atoms with Crippen LogP contribution in [0.2, 0.25) is 0 Å². The van der Waals surface area contributed by atoms with Crippen LogP contribution in [0.25, 0.3) is 0 Å². The molecule has 0 aromatic rings. The molecular formula is C67H130O6. The van der Waals surface area contributed by atoms with Gasteiger partial charge in [0.15, 0.2) is 6.10 Å². The Morgan fingerprint density at radius 3 is 0.671 bits per heavy atom. The van der Waals surface area contributed by atoms with Crippen LogP contribution in [-0.2, 0) is 28.6 Å². The normalized spacial score (nSPS) is 12.0. The van der Waals surface area contributed by atoms with Crippen LogP contribution in [0.4, 0.5) is 0 Å². The number of hydrogen-bond donors (Lipinski definition) is 0. The van der Waals surface area contributed by atoms with Crippen LogP contribution in [0.3, 0.4) is 0 Å². The number of unbranched alkanes of at least 4 members (excludes halogenated alkanes) is 49. The largest absolute Gasteiger partial charge is 0.462 e. The molecule has 0 fully saturated rings. The fourth-order valence-corrected chi connectivity index (χ4v) is 10.5. The summed E-state index contributed by atoms with van der Waals surface area (Å²) in [5, 5.41) is 0. The van der Waals surface area contributed by atoms with Gasteiger partial charge in [0.05, 0.1) is 0 Å². The van der Waals surface area contributed by atoms with Crippen LogP contribution >= 0.6 is 0 Å². The van der Waals surface area contributed by atoms with Crippen LogP contribution < -0.4 is 0 Å². The minimum absolute atomic E-state index is 0.0608. The summed E-state index contributed by atoms with van der Waals surface area (Å²) in [4.78, 5) is 38.4. The molecular weight excluding hydrogens is 901 g/mol. The summed E-state index contributed by atoms with van der Waals surface area (Å²) in [6.45, 7) is 9.11. The minimum Gasteiger partial charge on any atom is -0.462 e. The molecule has 0 aromatic heterocycles. The fourth-order valence-electron chi connectivity index (χ4n) is 10.5. The Balaban J connectivity index is 4.26. The van der Waals surface area contributed by atoms with Gasteiger partial charge in [0.2, 0.25) is 0 Å². The van der Waals surface area contributed by atoms with E-state index in [1.54, 1.807) is 0 Å². The highest BCUT2D eigenvalue weighted by atomic mass is 16.6. The molecule has 0 aromatic carbocycles. The van der Waals surface area contributed by atoms with Crippen molar-refractivity contribution < 1.29 is 28.6 Å². The Labute approximate surface area is 457 Å². The number of carbonyl (C=O) groups is 3. The molecule has 0 saturated heterocycles. The van der Waals surface area contributed by atoms with Crippen LogP contribution in [0, 0.1) is 5.92 Å². The Morgan fingerprint density at radius 2 is 0.452 bits per heavy atom. The van der Waals surface area contributed by atoms with Gasteiger partial charge in [-0.15, -0.1) is 0 Å². The molecule has 434 valence electrons. The minimum atomic E-state index is -0.763. The van der Waals surface area contributed by atoms with Crippen LogP contribution in [0.5, 0.6) is 0 Å². The Hall–Kier alpha value is -1.59. The molecule has 6 heteroatoms. The van der Waals surface area contributed by atoms with Crippen molar-refractivity contribution in [3.05, 3.63) is 0 Å². The zero-order valence-electron chi connectivity index (χ0n) is 50.1. The second kappa shape index (κ2) is 61.3. The van der Waals surface area contributed by atoms with Gasteiger partial charge in [-0.2, -0.15) is 0 Å². The summed E-state index contributed by atoms with van der Waals surface area (Å²) >= 11 is 0. The van der Waals surface area contributed by atoms with E-state index in [9.17, 15) is 14.4 Å². The molecule has 1 atom stereocenters. The average Bonchev–Trinajstić information content (AvgIpc) is 3.38. The molecule has 0 heterocycles. The Morgan fingerprint density at radius 1 is 0.260 bits per heavy atom. The van der Waals surface area contributed by atoms with Gasteiger partial charge < -0.3 is 14.2 Å². The maximum atomic E-state index is 12.9. The first kappa shape index (κ1) is 71.4. The number of hydrogen-bond acceptors (Lipinski definition) is 6. The van der Waals surface area contributed by atoms with Gasteiger partial charge >= 0.3 is 17.9 Å². The SMILES string of the molecule is CCCCCCCCCCCCCCCCCCCC(=O)OC[C@@H](COC(=O)CCCCCCCCCCCCCCCCCCCCC(C)C)OC(=O)CCCCCCCCCCCCCCCCCCC. The van der Waals surface area contributed by atoms with E-state index in [0.29, 0.717) is 19.3 Å². The van der Waals surface area contributed by atoms with Crippen LogP contribution in [-0.4, -0.2) is 37.2 Å². The predicted molar refractivity (Wildman–Crippen MR) is 317 cm³/mol. The lowest BCUT2D eigenvalue weighted by Gasteiger charge is -2.18. The van der Waals surface area contributed by atoms with Crippen molar-refractivity contribution in [1.29, 1.82) is 0 Å². The third-order valence-corrected chi connectivity index (χ3v) is 15.5. The summed E-state index contributed by atoms with van der Waals surface area (Å²) in [6, 6.07) is 0. The molecule has 0 rings (SSSR count). The van der Waals surface area contributed by atoms with Gasteiger partial charge in [-0.25, -0.2) is 0 Å². The lowest BCUT2D eigenvalue weighted by Crippen LogP contribution is -2.30. The van der Waals surface area contributed by atoms with E-state index in [-0.39, 0.29) is 31.1 Å². The molecule has 0 spiro atoms. The highest BCUT2D eigenvalue weighted by Gasteiger charge is 2.19. The lowest BCUT2D eigenvalue weighted by molar-refractivity contribution is -0.167. The summed E-state index contributed by atoms with van der Waals surface area (Å²) in [5.74, 6) is 0.0356. The van der Waals surface area contributed by atoms with Gasteiger partial charge in [-0.1, -0.05) is 349 Å². The molecule has 0 radical (unpaired) electrons. The van der Waals surface area contributed by atoms with Gasteiger partial charge in [0.1, 0.15) is 13.2 Å². The van der Waals surface area contributed by atoms with Crippen molar-refractivity contribution in [1.82, 2.24) is 0 Å². The van der Waals surface area contributed by atoms with E-state index in [2.05, 4.69) is 27.7 Å². The second-order valence-electron chi connectivity index (χ2n) is 23.6. The topological polar surface area (TPSA) is 78.9 Å². The van der Waals surface area contributed by atoms with Gasteiger partial charge in [-0.05, 0) is 25.2 Å². The van der Waals surface area contributed by atoms with Gasteiger partial charge in [0, 0.05) is 19.3 Å². The summed E-state index contributed by atoms with van der Waals surface area (Å²) < 4.78 is 17.0. The molecule has 0 bridgehead atoms. The molecule has 0 aliphatic carbocycles. The van der Waals surface area contributed by atoms with Crippen molar-refractivity contribution in [2.45, 2.75) is 393 Å². The standard InChI is InChI=1S/C67H130O6/c1-5-7-9-11-13-15-17-19-21-25-30-34-38-42-46-50-54-58-65(68)71-61-64(73-67(70)60-56-52-48-44-40-36-32-26-22-20-18-16-14-12-10-8-6-2)62-72-66(69)59-55-51-47-43-39-35-31-28-24-23-27-29-33-37-41-45-49-53-57-63(3)4/h63-64H,5-62H2,1-4H3/t64-/m0/s1. The van der Waals surface area contributed by atoms with E-state index in [1.165, 1.54) is 283 Å². The first-order chi connectivity index (χ1) is 35.9. The quantitative estimate of drug-likeness (QED) is 0.0343. The Kier molecular flexibility index (Phi) is 59.9. The number of carbonyl (C=O) groups excluding carboxylic acids is 3. The molecule has 0 aliphatic rings. The summed E-state index contributed by atoms with van der Waals surface area (Å²) in [5.41, 5.74) is 0. The predicted octanol–water partition coefficient (Wildman–Crippen LogP) is 22.5. The molecule has 0 amide bonds. The van der Waals surface area contributed by atoms with Gasteiger partial charge in [0.25, 0.3) is 0 Å². The number of esters is 3. The summed E-state index contributed by atoms with van der Waals surface area (Å²) in [7, 11) is 0. The maximum absolute atomic E-state index is 12.9. The van der Waals surface area contributed by atoms with E-state index in [1.807, 2.05) is 0 Å². The van der Waals surface area contributed by atoms with Crippen LogP contribution in [0.15, 0.2) is 0 Å². The monoisotopic (exact) mass is 1030 g/mol. The van der Waals surface area contributed by atoms with Crippen molar-refractivity contribution in [2.24, 2.45) is 5.92 Å². The molecule has 0 saturated carbocycles. The first-order valence-electron chi connectivity index (χ1n) is 33.4. The zero-order chi connectivity index (χ0) is 53.0. The Bertz CT molecular complexity index is 1110. The van der Waals surface area contributed by atoms with Gasteiger partial charge in [-0.3, -0.25) is 14.4 Å². The van der Waals surface area contributed by atoms with E-state index in [0.717, 1.165) is 63.7 Å². The second-order valence-corrected chi connectivity index (χ2v) is 23.6. The van der Waals surface area contributed by atoms with Crippen molar-refractivity contribution >= 4 is 17.9 Å². The maximum Gasteiger partial charge on any atom is 0.306 e. The number of ether oxygens (including phenoxy) is 3. The fraction of sp³-hybridized carbons (Fsp3) is 0.955. The lowest BCUT2D eigenvalue weighted by atomic mass is 10.0. The van der Waals surface area contributed by atoms with Crippen molar-refractivity contribution in [3.8, 4) is 0 Å².